The van der Waals surface area contributed by atoms with Crippen LogP contribution in [0, 0.1) is 6.92 Å². The van der Waals surface area contributed by atoms with Crippen LogP contribution in [0.3, 0.4) is 0 Å². The van der Waals surface area contributed by atoms with Crippen LogP contribution in [0.2, 0.25) is 0 Å². The maximum absolute atomic E-state index is 3.80. The lowest BCUT2D eigenvalue weighted by Crippen LogP contribution is -1.71. The fraction of sp³-hybridized carbons (Fsp3) is 0.545. The monoisotopic (exact) mass is 151 g/mol. The van der Waals surface area contributed by atoms with Gasteiger partial charge in [-0.3, -0.25) is 0 Å². The van der Waals surface area contributed by atoms with Crippen LogP contribution < -0.4 is 0 Å². The van der Waals surface area contributed by atoms with Crippen molar-refractivity contribution in [1.29, 1.82) is 0 Å². The molecule has 0 aliphatic rings. The van der Waals surface area contributed by atoms with Gasteiger partial charge in [0.25, 0.3) is 0 Å². The number of unbranched alkanes of at least 4 members (excludes halogenated alkanes) is 4. The molecule has 0 aromatic rings. The van der Waals surface area contributed by atoms with Crippen LogP contribution in [0.5, 0.6) is 0 Å². The molecule has 0 heterocycles. The predicted octanol–water partition coefficient (Wildman–Crippen LogP) is 3.90. The minimum absolute atomic E-state index is 1.07. The summed E-state index contributed by atoms with van der Waals surface area (Å²) < 4.78 is 0. The van der Waals surface area contributed by atoms with Gasteiger partial charge < -0.3 is 0 Å². The standard InChI is InChI=1S/C11H19/c1-3-5-7-9-11-10-8-6-4-2/h3,9,11H,1-2,4-8,10H2. The van der Waals surface area contributed by atoms with E-state index in [9.17, 15) is 0 Å². The second-order valence-electron chi connectivity index (χ2n) is 2.69. The molecule has 0 unspecified atom stereocenters. The summed E-state index contributed by atoms with van der Waals surface area (Å²) >= 11 is 0. The van der Waals surface area contributed by atoms with Crippen LogP contribution in [-0.4, -0.2) is 0 Å². The van der Waals surface area contributed by atoms with Crippen LogP contribution in [0.25, 0.3) is 0 Å². The molecule has 0 aliphatic heterocycles. The molecule has 0 saturated carbocycles. The van der Waals surface area contributed by atoms with E-state index in [4.69, 9.17) is 0 Å². The maximum Gasteiger partial charge on any atom is -0.0316 e. The highest BCUT2D eigenvalue weighted by molar-refractivity contribution is 4.84. The molecular weight excluding hydrogens is 132 g/mol. The van der Waals surface area contributed by atoms with Crippen molar-refractivity contribution in [2.45, 2.75) is 38.5 Å². The summed E-state index contributed by atoms with van der Waals surface area (Å²) in [4.78, 5) is 0. The summed E-state index contributed by atoms with van der Waals surface area (Å²) in [6.07, 6.45) is 13.5. The average Bonchev–Trinajstić information content (AvgIpc) is 2.03. The van der Waals surface area contributed by atoms with Crippen LogP contribution in [0.15, 0.2) is 24.8 Å². The molecule has 0 atom stereocenters. The average molecular weight is 151 g/mol. The summed E-state index contributed by atoms with van der Waals surface area (Å²) in [5.41, 5.74) is 0. The fourth-order valence-electron chi connectivity index (χ4n) is 0.889. The highest BCUT2D eigenvalue weighted by Crippen LogP contribution is 2.00. The molecule has 0 N–H and O–H groups in total. The van der Waals surface area contributed by atoms with Gasteiger partial charge in [0.2, 0.25) is 0 Å². The highest BCUT2D eigenvalue weighted by Gasteiger charge is 1.80. The lowest BCUT2D eigenvalue weighted by atomic mass is 10.2. The molecule has 0 heteroatoms. The molecule has 0 bridgehead atoms. The Balaban J connectivity index is 2.97. The van der Waals surface area contributed by atoms with Gasteiger partial charge in [-0.1, -0.05) is 38.0 Å². The van der Waals surface area contributed by atoms with Gasteiger partial charge >= 0.3 is 0 Å². The van der Waals surface area contributed by atoms with Crippen molar-refractivity contribution in [3.8, 4) is 0 Å². The first-order valence-corrected chi connectivity index (χ1v) is 4.47. The lowest BCUT2D eigenvalue weighted by molar-refractivity contribution is 0.759. The predicted molar refractivity (Wildman–Crippen MR) is 52.4 cm³/mol. The van der Waals surface area contributed by atoms with Crippen LogP contribution in [0.4, 0.5) is 0 Å². The summed E-state index contributed by atoms with van der Waals surface area (Å²) in [6.45, 7) is 7.46. The van der Waals surface area contributed by atoms with Crippen LogP contribution >= 0.6 is 0 Å². The lowest BCUT2D eigenvalue weighted by Gasteiger charge is -1.90. The van der Waals surface area contributed by atoms with E-state index in [-0.39, 0.29) is 0 Å². The minimum Gasteiger partial charge on any atom is -0.103 e. The Morgan fingerprint density at radius 1 is 0.909 bits per heavy atom. The number of hydrogen-bond acceptors (Lipinski definition) is 0. The summed E-state index contributed by atoms with van der Waals surface area (Å²) in [7, 11) is 0. The molecule has 0 amide bonds. The third kappa shape index (κ3) is 9.48. The largest absolute Gasteiger partial charge is 0.103 e. The zero-order chi connectivity index (χ0) is 8.36. The van der Waals surface area contributed by atoms with E-state index in [1.807, 2.05) is 6.08 Å². The molecule has 0 spiro atoms. The van der Waals surface area contributed by atoms with Gasteiger partial charge in [0.05, 0.1) is 0 Å². The SMILES string of the molecule is [CH2]CCCCC=CCCC=C. The molecule has 0 nitrogen and oxygen atoms in total. The van der Waals surface area contributed by atoms with E-state index in [1.54, 1.807) is 0 Å². The van der Waals surface area contributed by atoms with E-state index in [0.29, 0.717) is 0 Å². The van der Waals surface area contributed by atoms with E-state index in [2.05, 4.69) is 25.7 Å². The zero-order valence-electron chi connectivity index (χ0n) is 7.39. The third-order valence-corrected chi connectivity index (χ3v) is 1.57. The Morgan fingerprint density at radius 2 is 1.64 bits per heavy atom. The first-order chi connectivity index (χ1) is 5.41. The fourth-order valence-corrected chi connectivity index (χ4v) is 0.889. The summed E-state index contributed by atoms with van der Waals surface area (Å²) in [5, 5.41) is 0. The number of hydrogen-bond donors (Lipinski definition) is 0. The molecule has 11 heavy (non-hydrogen) atoms. The van der Waals surface area contributed by atoms with Crippen molar-refractivity contribution in [3.05, 3.63) is 31.7 Å². The Bertz CT molecular complexity index is 101. The molecule has 63 valence electrons. The molecule has 0 aliphatic carbocycles. The normalized spacial score (nSPS) is 10.6. The molecule has 0 aromatic carbocycles. The number of allylic oxidation sites excluding steroid dienone is 3. The first kappa shape index (κ1) is 10.5. The molecule has 1 radical (unpaired) electrons. The van der Waals surface area contributed by atoms with Gasteiger partial charge in [-0.25, -0.2) is 0 Å². The van der Waals surface area contributed by atoms with E-state index in [1.165, 1.54) is 19.3 Å². The van der Waals surface area contributed by atoms with E-state index in [0.717, 1.165) is 19.3 Å². The van der Waals surface area contributed by atoms with Crippen LogP contribution in [-0.2, 0) is 0 Å². The van der Waals surface area contributed by atoms with Crippen molar-refractivity contribution in [3.63, 3.8) is 0 Å². The zero-order valence-corrected chi connectivity index (χ0v) is 7.39. The van der Waals surface area contributed by atoms with Crippen molar-refractivity contribution < 1.29 is 0 Å². The molecule has 0 aromatic heterocycles. The van der Waals surface area contributed by atoms with Crippen molar-refractivity contribution in [2.75, 3.05) is 0 Å². The number of rotatable bonds is 7. The third-order valence-electron chi connectivity index (χ3n) is 1.57. The Hall–Kier alpha value is -0.520. The summed E-state index contributed by atoms with van der Waals surface area (Å²) in [6, 6.07) is 0. The smallest absolute Gasteiger partial charge is 0.0316 e. The Morgan fingerprint density at radius 3 is 2.27 bits per heavy atom. The van der Waals surface area contributed by atoms with Gasteiger partial charge in [-0.05, 0) is 25.7 Å². The first-order valence-electron chi connectivity index (χ1n) is 4.47. The quantitative estimate of drug-likeness (QED) is 0.382. The Kier molecular flexibility index (Phi) is 9.03. The van der Waals surface area contributed by atoms with Gasteiger partial charge in [0.1, 0.15) is 0 Å². The second kappa shape index (κ2) is 9.48. The van der Waals surface area contributed by atoms with Gasteiger partial charge in [0.15, 0.2) is 0 Å². The maximum atomic E-state index is 3.80. The second-order valence-corrected chi connectivity index (χ2v) is 2.69. The van der Waals surface area contributed by atoms with Gasteiger partial charge in [-0.15, -0.1) is 6.58 Å². The molecular formula is C11H19. The van der Waals surface area contributed by atoms with E-state index < -0.39 is 0 Å². The van der Waals surface area contributed by atoms with Crippen molar-refractivity contribution in [2.24, 2.45) is 0 Å². The highest BCUT2D eigenvalue weighted by atomic mass is 13.9. The Labute approximate surface area is 71.0 Å². The van der Waals surface area contributed by atoms with Gasteiger partial charge in [-0.2, -0.15) is 0 Å². The topological polar surface area (TPSA) is 0 Å². The van der Waals surface area contributed by atoms with Gasteiger partial charge in [0, 0.05) is 0 Å². The van der Waals surface area contributed by atoms with Crippen molar-refractivity contribution in [1.82, 2.24) is 0 Å². The molecule has 0 rings (SSSR count). The minimum atomic E-state index is 1.07. The van der Waals surface area contributed by atoms with Crippen molar-refractivity contribution >= 4 is 0 Å². The van der Waals surface area contributed by atoms with Crippen LogP contribution in [0.1, 0.15) is 38.5 Å². The molecule has 0 saturated heterocycles. The van der Waals surface area contributed by atoms with E-state index >= 15 is 0 Å². The molecule has 0 fully saturated rings. The summed E-state index contributed by atoms with van der Waals surface area (Å²) in [5.74, 6) is 0.